The van der Waals surface area contributed by atoms with Gasteiger partial charge in [0.05, 0.1) is 5.69 Å². The number of nitrogens with one attached hydrogen (secondary N) is 1. The second kappa shape index (κ2) is 4.13. The van der Waals surface area contributed by atoms with E-state index in [4.69, 9.17) is 9.97 Å². The van der Waals surface area contributed by atoms with Crippen LogP contribution in [0.15, 0.2) is 0 Å². The third kappa shape index (κ3) is 2.09. The van der Waals surface area contributed by atoms with Crippen molar-refractivity contribution in [3.8, 4) is 0 Å². The number of fused-ring (bicyclic) bond motifs is 1. The predicted octanol–water partition coefficient (Wildman–Crippen LogP) is 1.98. The van der Waals surface area contributed by atoms with E-state index in [-0.39, 0.29) is 5.41 Å². The molecule has 1 aliphatic heterocycles. The van der Waals surface area contributed by atoms with Crippen molar-refractivity contribution in [2.24, 2.45) is 0 Å². The molecule has 0 fully saturated rings. The lowest BCUT2D eigenvalue weighted by molar-refractivity contribution is 0.523. The highest BCUT2D eigenvalue weighted by Crippen LogP contribution is 2.23. The number of hydrogen-bond acceptors (Lipinski definition) is 3. The first kappa shape index (κ1) is 11.5. The van der Waals surface area contributed by atoms with E-state index >= 15 is 0 Å². The van der Waals surface area contributed by atoms with E-state index in [2.05, 4.69) is 33.0 Å². The Morgan fingerprint density at radius 1 is 1.25 bits per heavy atom. The Morgan fingerprint density at radius 3 is 2.62 bits per heavy atom. The van der Waals surface area contributed by atoms with E-state index < -0.39 is 0 Å². The maximum Gasteiger partial charge on any atom is 0.134 e. The molecule has 3 nitrogen and oxygen atoms in total. The average Bonchev–Trinajstić information content (AvgIpc) is 2.26. The molecule has 88 valence electrons. The lowest BCUT2D eigenvalue weighted by Gasteiger charge is -2.24. The van der Waals surface area contributed by atoms with Gasteiger partial charge < -0.3 is 5.32 Å². The van der Waals surface area contributed by atoms with E-state index in [0.717, 1.165) is 31.8 Å². The lowest BCUT2D eigenvalue weighted by Crippen LogP contribution is -2.29. The summed E-state index contributed by atoms with van der Waals surface area (Å²) in [6.45, 7) is 10.7. The molecule has 0 aromatic carbocycles. The summed E-state index contributed by atoms with van der Waals surface area (Å²) in [5, 5.41) is 3.39. The third-order valence-corrected chi connectivity index (χ3v) is 3.02. The summed E-state index contributed by atoms with van der Waals surface area (Å²) in [6, 6.07) is 0. The van der Waals surface area contributed by atoms with E-state index in [9.17, 15) is 0 Å². The van der Waals surface area contributed by atoms with Crippen LogP contribution < -0.4 is 5.32 Å². The van der Waals surface area contributed by atoms with Gasteiger partial charge in [-0.1, -0.05) is 27.7 Å². The topological polar surface area (TPSA) is 37.8 Å². The van der Waals surface area contributed by atoms with Crippen molar-refractivity contribution < 1.29 is 0 Å². The Balaban J connectivity index is 2.52. The first-order valence-electron chi connectivity index (χ1n) is 6.12. The van der Waals surface area contributed by atoms with Crippen molar-refractivity contribution in [3.63, 3.8) is 0 Å². The molecule has 1 aromatic rings. The quantitative estimate of drug-likeness (QED) is 0.785. The normalized spacial score (nSPS) is 16.0. The van der Waals surface area contributed by atoms with E-state index in [1.165, 1.54) is 17.0 Å². The summed E-state index contributed by atoms with van der Waals surface area (Å²) >= 11 is 0. The second-order valence-corrected chi connectivity index (χ2v) is 5.45. The first-order valence-corrected chi connectivity index (χ1v) is 6.12. The van der Waals surface area contributed by atoms with Crippen LogP contribution in [0.5, 0.6) is 0 Å². The first-order chi connectivity index (χ1) is 7.52. The third-order valence-electron chi connectivity index (χ3n) is 3.02. The van der Waals surface area contributed by atoms with Crippen molar-refractivity contribution in [2.75, 3.05) is 6.54 Å². The van der Waals surface area contributed by atoms with E-state index in [1.54, 1.807) is 0 Å². The Morgan fingerprint density at radius 2 is 2.00 bits per heavy atom. The highest BCUT2D eigenvalue weighted by molar-refractivity contribution is 5.29. The van der Waals surface area contributed by atoms with Gasteiger partial charge in [0.25, 0.3) is 0 Å². The summed E-state index contributed by atoms with van der Waals surface area (Å²) in [5.74, 6) is 0.991. The molecule has 0 unspecified atom stereocenters. The molecule has 1 aromatic heterocycles. The van der Waals surface area contributed by atoms with Crippen LogP contribution in [-0.4, -0.2) is 16.5 Å². The molecule has 2 rings (SSSR count). The van der Waals surface area contributed by atoms with Crippen LogP contribution in [0.3, 0.4) is 0 Å². The zero-order valence-corrected chi connectivity index (χ0v) is 10.7. The van der Waals surface area contributed by atoms with Gasteiger partial charge in [0.1, 0.15) is 5.82 Å². The van der Waals surface area contributed by atoms with Crippen LogP contribution >= 0.6 is 0 Å². The summed E-state index contributed by atoms with van der Waals surface area (Å²) in [6.07, 6.45) is 2.03. The van der Waals surface area contributed by atoms with Crippen LogP contribution in [-0.2, 0) is 24.8 Å². The van der Waals surface area contributed by atoms with Crippen molar-refractivity contribution in [1.29, 1.82) is 0 Å². The Hall–Kier alpha value is -0.960. The summed E-state index contributed by atoms with van der Waals surface area (Å²) in [5.41, 5.74) is 3.86. The highest BCUT2D eigenvalue weighted by atomic mass is 15.0. The van der Waals surface area contributed by atoms with Crippen molar-refractivity contribution >= 4 is 0 Å². The molecule has 2 heterocycles. The van der Waals surface area contributed by atoms with Crippen molar-refractivity contribution in [1.82, 2.24) is 15.3 Å². The van der Waals surface area contributed by atoms with Crippen molar-refractivity contribution in [2.45, 2.75) is 52.5 Å². The van der Waals surface area contributed by atoms with Gasteiger partial charge in [0.15, 0.2) is 0 Å². The van der Waals surface area contributed by atoms with Crippen LogP contribution in [0.1, 0.15) is 50.5 Å². The number of hydrogen-bond donors (Lipinski definition) is 1. The second-order valence-electron chi connectivity index (χ2n) is 5.45. The molecule has 16 heavy (non-hydrogen) atoms. The number of nitrogens with zero attached hydrogens (tertiary/aromatic N) is 2. The van der Waals surface area contributed by atoms with Gasteiger partial charge in [-0.3, -0.25) is 0 Å². The fourth-order valence-corrected chi connectivity index (χ4v) is 2.04. The molecule has 0 atom stereocenters. The molecule has 1 aliphatic rings. The Labute approximate surface area is 97.7 Å². The van der Waals surface area contributed by atoms with Crippen LogP contribution in [0.4, 0.5) is 0 Å². The molecule has 0 saturated heterocycles. The summed E-state index contributed by atoms with van der Waals surface area (Å²) in [7, 11) is 0. The Kier molecular flexibility index (Phi) is 2.98. The Bertz CT molecular complexity index is 374. The van der Waals surface area contributed by atoms with Crippen molar-refractivity contribution in [3.05, 3.63) is 22.8 Å². The summed E-state index contributed by atoms with van der Waals surface area (Å²) < 4.78 is 0. The van der Waals surface area contributed by atoms with E-state index in [0.29, 0.717) is 0 Å². The smallest absolute Gasteiger partial charge is 0.134 e. The molecule has 0 amide bonds. The van der Waals surface area contributed by atoms with Gasteiger partial charge in [-0.2, -0.15) is 0 Å². The van der Waals surface area contributed by atoms with Gasteiger partial charge in [-0.25, -0.2) is 9.97 Å². The largest absolute Gasteiger partial charge is 0.312 e. The molecule has 1 N–H and O–H groups in total. The van der Waals surface area contributed by atoms with Gasteiger partial charge in [0.2, 0.25) is 0 Å². The van der Waals surface area contributed by atoms with E-state index in [1.807, 2.05) is 0 Å². The minimum absolute atomic E-state index is 0.0455. The fourth-order valence-electron chi connectivity index (χ4n) is 2.04. The minimum Gasteiger partial charge on any atom is -0.312 e. The lowest BCUT2D eigenvalue weighted by atomic mass is 9.94. The zero-order chi connectivity index (χ0) is 11.8. The zero-order valence-electron chi connectivity index (χ0n) is 10.7. The minimum atomic E-state index is 0.0455. The summed E-state index contributed by atoms with van der Waals surface area (Å²) in [4.78, 5) is 9.47. The number of aryl methyl sites for hydroxylation is 1. The van der Waals surface area contributed by atoms with Crippen LogP contribution in [0, 0.1) is 0 Å². The molecule has 0 saturated carbocycles. The molecular formula is C13H21N3. The van der Waals surface area contributed by atoms with Gasteiger partial charge in [-0.05, 0) is 6.42 Å². The van der Waals surface area contributed by atoms with Gasteiger partial charge in [-0.15, -0.1) is 0 Å². The molecule has 3 heteroatoms. The molecular weight excluding hydrogens is 198 g/mol. The SMILES string of the molecule is CCc1nc(C(C)(C)C)nc2c1CNCC2. The monoisotopic (exact) mass is 219 g/mol. The molecule has 0 aliphatic carbocycles. The maximum absolute atomic E-state index is 4.74. The number of rotatable bonds is 1. The van der Waals surface area contributed by atoms with Crippen LogP contribution in [0.2, 0.25) is 0 Å². The molecule has 0 spiro atoms. The van der Waals surface area contributed by atoms with Crippen LogP contribution in [0.25, 0.3) is 0 Å². The van der Waals surface area contributed by atoms with Gasteiger partial charge in [0, 0.05) is 36.2 Å². The molecule has 0 bridgehead atoms. The maximum atomic E-state index is 4.74. The average molecular weight is 219 g/mol. The van der Waals surface area contributed by atoms with Gasteiger partial charge >= 0.3 is 0 Å². The molecule has 0 radical (unpaired) electrons. The standard InChI is InChI=1S/C13H21N3/c1-5-10-9-8-14-7-6-11(9)16-12(15-10)13(2,3)4/h14H,5-8H2,1-4H3. The fraction of sp³-hybridized carbons (Fsp3) is 0.692. The predicted molar refractivity (Wildman–Crippen MR) is 65.5 cm³/mol. The number of aromatic nitrogens is 2. The highest BCUT2D eigenvalue weighted by Gasteiger charge is 2.22.